The number of hydrogen-bond acceptors (Lipinski definition) is 3. The molecular weight excluding hydrogens is 372 g/mol. The highest BCUT2D eigenvalue weighted by Crippen LogP contribution is 2.22. The number of hydrogen-bond donors (Lipinski definition) is 2. The summed E-state index contributed by atoms with van der Waals surface area (Å²) in [6.07, 6.45) is 0. The van der Waals surface area contributed by atoms with E-state index in [9.17, 15) is 14.7 Å². The van der Waals surface area contributed by atoms with Gasteiger partial charge in [0.2, 0.25) is 0 Å². The van der Waals surface area contributed by atoms with Gasteiger partial charge in [0.05, 0.1) is 11.3 Å². The van der Waals surface area contributed by atoms with Gasteiger partial charge in [-0.05, 0) is 56.3 Å². The van der Waals surface area contributed by atoms with E-state index in [1.54, 1.807) is 24.3 Å². The van der Waals surface area contributed by atoms with Gasteiger partial charge in [-0.25, -0.2) is 4.79 Å². The third kappa shape index (κ3) is 4.14. The van der Waals surface area contributed by atoms with Crippen LogP contribution in [0.1, 0.15) is 34.6 Å². The monoisotopic (exact) mass is 390 g/mol. The number of anilines is 2. The van der Waals surface area contributed by atoms with Crippen LogP contribution < -0.4 is 10.2 Å². The van der Waals surface area contributed by atoms with E-state index >= 15 is 0 Å². The van der Waals surface area contributed by atoms with Crippen LogP contribution in [0.4, 0.5) is 11.4 Å². The molecule has 126 valence electrons. The fraction of sp³-hybridized carbons (Fsp3) is 0.222. The van der Waals surface area contributed by atoms with Crippen molar-refractivity contribution in [3.63, 3.8) is 0 Å². The van der Waals surface area contributed by atoms with Gasteiger partial charge in [-0.2, -0.15) is 0 Å². The number of carboxylic acid groups (broad SMARTS) is 1. The van der Waals surface area contributed by atoms with E-state index in [0.717, 1.165) is 18.8 Å². The zero-order chi connectivity index (χ0) is 17.7. The Balaban J connectivity index is 2.20. The molecule has 6 heteroatoms. The van der Waals surface area contributed by atoms with Gasteiger partial charge in [-0.1, -0.05) is 15.9 Å². The summed E-state index contributed by atoms with van der Waals surface area (Å²) in [5.74, 6) is -1.44. The lowest BCUT2D eigenvalue weighted by molar-refractivity contribution is 0.0698. The average Bonchev–Trinajstić information content (AvgIpc) is 2.58. The third-order valence-corrected chi connectivity index (χ3v) is 4.21. The number of carbonyl (C=O) groups is 2. The Labute approximate surface area is 149 Å². The number of aromatic carboxylic acids is 1. The molecule has 0 fully saturated rings. The molecule has 0 saturated heterocycles. The van der Waals surface area contributed by atoms with Crippen LogP contribution in [0.2, 0.25) is 0 Å². The van der Waals surface area contributed by atoms with Gasteiger partial charge in [0.25, 0.3) is 5.91 Å². The van der Waals surface area contributed by atoms with E-state index in [2.05, 4.69) is 40.0 Å². The lowest BCUT2D eigenvalue weighted by atomic mass is 10.1. The Morgan fingerprint density at radius 3 is 2.25 bits per heavy atom. The number of rotatable bonds is 6. The Kier molecular flexibility index (Phi) is 5.98. The van der Waals surface area contributed by atoms with Gasteiger partial charge < -0.3 is 15.3 Å². The molecule has 2 aromatic rings. The SMILES string of the molecule is CCN(CC)c1ccc(C(=O)Nc2ccc(Br)cc2C(=O)O)cc1. The van der Waals surface area contributed by atoms with E-state index in [-0.39, 0.29) is 17.2 Å². The van der Waals surface area contributed by atoms with Crippen LogP contribution in [0.3, 0.4) is 0 Å². The molecule has 2 aromatic carbocycles. The van der Waals surface area contributed by atoms with Crippen molar-refractivity contribution < 1.29 is 14.7 Å². The summed E-state index contributed by atoms with van der Waals surface area (Å²) in [7, 11) is 0. The van der Waals surface area contributed by atoms with Crippen molar-refractivity contribution in [3.8, 4) is 0 Å². The zero-order valence-electron chi connectivity index (χ0n) is 13.5. The predicted octanol–water partition coefficient (Wildman–Crippen LogP) is 4.25. The van der Waals surface area contributed by atoms with E-state index in [4.69, 9.17) is 0 Å². The fourth-order valence-corrected chi connectivity index (χ4v) is 2.77. The predicted molar refractivity (Wildman–Crippen MR) is 99.1 cm³/mol. The summed E-state index contributed by atoms with van der Waals surface area (Å²) in [4.78, 5) is 25.8. The first-order chi connectivity index (χ1) is 11.5. The molecule has 0 aliphatic carbocycles. The molecule has 0 radical (unpaired) electrons. The Bertz CT molecular complexity index is 740. The number of benzene rings is 2. The highest BCUT2D eigenvalue weighted by molar-refractivity contribution is 9.10. The topological polar surface area (TPSA) is 69.6 Å². The molecule has 1 amide bonds. The molecule has 0 heterocycles. The van der Waals surface area contributed by atoms with Gasteiger partial charge in [-0.3, -0.25) is 4.79 Å². The van der Waals surface area contributed by atoms with Gasteiger partial charge >= 0.3 is 5.97 Å². The van der Waals surface area contributed by atoms with Crippen LogP contribution in [0, 0.1) is 0 Å². The third-order valence-electron chi connectivity index (χ3n) is 3.72. The summed E-state index contributed by atoms with van der Waals surface area (Å²) in [5, 5.41) is 11.9. The van der Waals surface area contributed by atoms with E-state index in [0.29, 0.717) is 10.0 Å². The van der Waals surface area contributed by atoms with Crippen molar-refractivity contribution in [2.75, 3.05) is 23.3 Å². The minimum absolute atomic E-state index is 0.0393. The fourth-order valence-electron chi connectivity index (χ4n) is 2.41. The van der Waals surface area contributed by atoms with Crippen LogP contribution in [0.25, 0.3) is 0 Å². The van der Waals surface area contributed by atoms with Gasteiger partial charge in [0.15, 0.2) is 0 Å². The quantitative estimate of drug-likeness (QED) is 0.773. The summed E-state index contributed by atoms with van der Waals surface area (Å²) in [6.45, 7) is 5.93. The molecule has 0 spiro atoms. The first-order valence-electron chi connectivity index (χ1n) is 7.65. The van der Waals surface area contributed by atoms with Gasteiger partial charge in [-0.15, -0.1) is 0 Å². The first kappa shape index (κ1) is 18.0. The molecule has 2 rings (SSSR count). The second-order valence-electron chi connectivity index (χ2n) is 5.17. The molecule has 24 heavy (non-hydrogen) atoms. The molecular formula is C18H19BrN2O3. The molecule has 0 aliphatic heterocycles. The maximum absolute atomic E-state index is 12.4. The highest BCUT2D eigenvalue weighted by atomic mass is 79.9. The molecule has 0 unspecified atom stereocenters. The van der Waals surface area contributed by atoms with E-state index < -0.39 is 5.97 Å². The molecule has 0 bridgehead atoms. The average molecular weight is 391 g/mol. The molecule has 5 nitrogen and oxygen atoms in total. The minimum atomic E-state index is -1.09. The van der Waals surface area contributed by atoms with Crippen LogP contribution in [0.15, 0.2) is 46.9 Å². The smallest absolute Gasteiger partial charge is 0.337 e. The van der Waals surface area contributed by atoms with Gasteiger partial charge in [0.1, 0.15) is 0 Å². The van der Waals surface area contributed by atoms with E-state index in [1.165, 1.54) is 6.07 Å². The number of amides is 1. The Hall–Kier alpha value is -2.34. The normalized spacial score (nSPS) is 10.3. The molecule has 0 aliphatic rings. The van der Waals surface area contributed by atoms with Crippen LogP contribution >= 0.6 is 15.9 Å². The Morgan fingerprint density at radius 2 is 1.71 bits per heavy atom. The highest BCUT2D eigenvalue weighted by Gasteiger charge is 2.14. The number of nitrogens with zero attached hydrogens (tertiary/aromatic N) is 1. The number of nitrogens with one attached hydrogen (secondary N) is 1. The lowest BCUT2D eigenvalue weighted by Gasteiger charge is -2.21. The Morgan fingerprint density at radius 1 is 1.08 bits per heavy atom. The summed E-state index contributed by atoms with van der Waals surface area (Å²) < 4.78 is 0.640. The van der Waals surface area contributed by atoms with Crippen LogP contribution in [0.5, 0.6) is 0 Å². The zero-order valence-corrected chi connectivity index (χ0v) is 15.1. The molecule has 0 saturated carbocycles. The number of halogens is 1. The molecule has 0 atom stereocenters. The standard InChI is InChI=1S/C18H19BrN2O3/c1-3-21(4-2)14-8-5-12(6-9-14)17(22)20-16-10-7-13(19)11-15(16)18(23)24/h5-11H,3-4H2,1-2H3,(H,20,22)(H,23,24). The van der Waals surface area contributed by atoms with Crippen molar-refractivity contribution in [2.45, 2.75) is 13.8 Å². The van der Waals surface area contributed by atoms with Crippen LogP contribution in [-0.2, 0) is 0 Å². The van der Waals surface area contributed by atoms with Crippen molar-refractivity contribution in [2.24, 2.45) is 0 Å². The maximum Gasteiger partial charge on any atom is 0.337 e. The van der Waals surface area contributed by atoms with Crippen molar-refractivity contribution in [1.29, 1.82) is 0 Å². The maximum atomic E-state index is 12.4. The van der Waals surface area contributed by atoms with Gasteiger partial charge in [0, 0.05) is 28.8 Å². The largest absolute Gasteiger partial charge is 0.478 e. The second kappa shape index (κ2) is 7.97. The first-order valence-corrected chi connectivity index (χ1v) is 8.44. The summed E-state index contributed by atoms with van der Waals surface area (Å²) in [5.41, 5.74) is 1.83. The summed E-state index contributed by atoms with van der Waals surface area (Å²) in [6, 6.07) is 12.0. The van der Waals surface area contributed by atoms with Crippen LogP contribution in [-0.4, -0.2) is 30.1 Å². The van der Waals surface area contributed by atoms with Crippen molar-refractivity contribution in [1.82, 2.24) is 0 Å². The summed E-state index contributed by atoms with van der Waals surface area (Å²) >= 11 is 3.23. The molecule has 2 N–H and O–H groups in total. The molecule has 0 aromatic heterocycles. The van der Waals surface area contributed by atoms with Crippen molar-refractivity contribution in [3.05, 3.63) is 58.1 Å². The van der Waals surface area contributed by atoms with E-state index in [1.807, 2.05) is 12.1 Å². The lowest BCUT2D eigenvalue weighted by Crippen LogP contribution is -2.22. The number of carboxylic acids is 1. The number of carbonyl (C=O) groups excluding carboxylic acids is 1. The minimum Gasteiger partial charge on any atom is -0.478 e. The second-order valence-corrected chi connectivity index (χ2v) is 6.08. The van der Waals surface area contributed by atoms with Crippen molar-refractivity contribution >= 4 is 39.2 Å².